The fourth-order valence-corrected chi connectivity index (χ4v) is 2.10. The van der Waals surface area contributed by atoms with Crippen LogP contribution in [0.25, 0.3) is 11.2 Å². The SMILES string of the molecule is Cc1nc2c(nc(F)n2C2OCC(O)C2O)c(=O)[nH]1. The number of aryl methyl sites for hydroxylation is 1. The summed E-state index contributed by atoms with van der Waals surface area (Å²) in [5, 5.41) is 19.2. The summed E-state index contributed by atoms with van der Waals surface area (Å²) in [7, 11) is 0. The van der Waals surface area contributed by atoms with E-state index < -0.39 is 30.1 Å². The van der Waals surface area contributed by atoms with E-state index in [1.807, 2.05) is 0 Å². The maximum atomic E-state index is 13.9. The van der Waals surface area contributed by atoms with E-state index in [2.05, 4.69) is 15.0 Å². The van der Waals surface area contributed by atoms with Crippen LogP contribution < -0.4 is 5.56 Å². The normalized spacial score (nSPS) is 27.3. The lowest BCUT2D eigenvalue weighted by molar-refractivity contribution is -0.0224. The van der Waals surface area contributed by atoms with Gasteiger partial charge >= 0.3 is 0 Å². The first-order valence-electron chi connectivity index (χ1n) is 5.61. The topological polar surface area (TPSA) is 113 Å². The Balaban J connectivity index is 2.24. The van der Waals surface area contributed by atoms with Crippen LogP contribution in [0, 0.1) is 13.0 Å². The molecule has 0 aromatic carbocycles. The molecule has 0 saturated carbocycles. The molecule has 0 amide bonds. The van der Waals surface area contributed by atoms with Crippen LogP contribution in [0.15, 0.2) is 4.79 Å². The molecule has 3 N–H and O–H groups in total. The van der Waals surface area contributed by atoms with Crippen molar-refractivity contribution in [2.24, 2.45) is 0 Å². The van der Waals surface area contributed by atoms with Crippen molar-refractivity contribution in [1.29, 1.82) is 0 Å². The number of aromatic nitrogens is 4. The van der Waals surface area contributed by atoms with Crippen molar-refractivity contribution in [3.63, 3.8) is 0 Å². The van der Waals surface area contributed by atoms with E-state index in [-0.39, 0.29) is 23.6 Å². The highest BCUT2D eigenvalue weighted by atomic mass is 19.1. The highest BCUT2D eigenvalue weighted by Gasteiger charge is 2.38. The fourth-order valence-electron chi connectivity index (χ4n) is 2.10. The predicted molar refractivity (Wildman–Crippen MR) is 59.8 cm³/mol. The van der Waals surface area contributed by atoms with Gasteiger partial charge in [-0.05, 0) is 6.92 Å². The first-order chi connectivity index (χ1) is 8.99. The van der Waals surface area contributed by atoms with Gasteiger partial charge < -0.3 is 19.9 Å². The van der Waals surface area contributed by atoms with Gasteiger partial charge in [-0.15, -0.1) is 0 Å². The van der Waals surface area contributed by atoms with Crippen LogP contribution in [0.2, 0.25) is 0 Å². The van der Waals surface area contributed by atoms with Crippen LogP contribution in [0.1, 0.15) is 12.1 Å². The van der Waals surface area contributed by atoms with E-state index in [1.165, 1.54) is 6.92 Å². The minimum absolute atomic E-state index is 0.0306. The first kappa shape index (κ1) is 12.2. The van der Waals surface area contributed by atoms with Crippen molar-refractivity contribution in [2.75, 3.05) is 6.61 Å². The molecule has 3 unspecified atom stereocenters. The summed E-state index contributed by atoms with van der Waals surface area (Å²) in [4.78, 5) is 21.5. The number of hydrogen-bond donors (Lipinski definition) is 3. The lowest BCUT2D eigenvalue weighted by Gasteiger charge is -2.16. The number of nitrogens with one attached hydrogen (secondary N) is 1. The van der Waals surface area contributed by atoms with E-state index >= 15 is 0 Å². The highest BCUT2D eigenvalue weighted by molar-refractivity contribution is 5.69. The lowest BCUT2D eigenvalue weighted by atomic mass is 10.2. The number of hydrogen-bond acceptors (Lipinski definition) is 6. The molecule has 2 aromatic rings. The second-order valence-electron chi connectivity index (χ2n) is 4.36. The Labute approximate surface area is 105 Å². The number of imidazole rings is 1. The van der Waals surface area contributed by atoms with E-state index in [0.717, 1.165) is 4.57 Å². The van der Waals surface area contributed by atoms with Crippen molar-refractivity contribution in [3.8, 4) is 0 Å². The van der Waals surface area contributed by atoms with Crippen molar-refractivity contribution in [1.82, 2.24) is 19.5 Å². The molecule has 9 heteroatoms. The molecule has 3 rings (SSSR count). The van der Waals surface area contributed by atoms with Gasteiger partial charge in [-0.2, -0.15) is 9.37 Å². The molecule has 1 fully saturated rings. The summed E-state index contributed by atoms with van der Waals surface area (Å²) in [6.45, 7) is 1.41. The van der Waals surface area contributed by atoms with Crippen LogP contribution in [-0.4, -0.2) is 48.5 Å². The molecule has 8 nitrogen and oxygen atoms in total. The molecule has 2 aromatic heterocycles. The highest BCUT2D eigenvalue weighted by Crippen LogP contribution is 2.27. The van der Waals surface area contributed by atoms with Gasteiger partial charge in [-0.1, -0.05) is 0 Å². The van der Waals surface area contributed by atoms with Crippen molar-refractivity contribution < 1.29 is 19.3 Å². The smallest absolute Gasteiger partial charge is 0.293 e. The van der Waals surface area contributed by atoms with Gasteiger partial charge in [0, 0.05) is 0 Å². The Morgan fingerprint density at radius 3 is 2.84 bits per heavy atom. The largest absolute Gasteiger partial charge is 0.388 e. The maximum Gasteiger partial charge on any atom is 0.293 e. The zero-order chi connectivity index (χ0) is 13.7. The van der Waals surface area contributed by atoms with E-state index in [0.29, 0.717) is 0 Å². The second-order valence-corrected chi connectivity index (χ2v) is 4.36. The van der Waals surface area contributed by atoms with Crippen LogP contribution >= 0.6 is 0 Å². The summed E-state index contributed by atoms with van der Waals surface area (Å²) < 4.78 is 19.8. The molecule has 1 saturated heterocycles. The summed E-state index contributed by atoms with van der Waals surface area (Å²) >= 11 is 0. The quantitative estimate of drug-likeness (QED) is 0.562. The summed E-state index contributed by atoms with van der Waals surface area (Å²) in [6, 6.07) is 0. The Morgan fingerprint density at radius 1 is 1.47 bits per heavy atom. The number of ether oxygens (including phenoxy) is 1. The Bertz CT molecular complexity index is 697. The van der Waals surface area contributed by atoms with E-state index in [1.54, 1.807) is 0 Å². The monoisotopic (exact) mass is 270 g/mol. The minimum Gasteiger partial charge on any atom is -0.388 e. The third-order valence-corrected chi connectivity index (χ3v) is 3.00. The molecular weight excluding hydrogens is 259 g/mol. The number of H-pyrrole nitrogens is 1. The third-order valence-electron chi connectivity index (χ3n) is 3.00. The molecule has 0 aliphatic carbocycles. The molecule has 1 aliphatic heterocycles. The van der Waals surface area contributed by atoms with Gasteiger partial charge in [0.05, 0.1) is 6.61 Å². The third kappa shape index (κ3) is 1.74. The molecule has 0 bridgehead atoms. The summed E-state index contributed by atoms with van der Waals surface area (Å²) in [5.41, 5.74) is -0.787. The number of aromatic amines is 1. The minimum atomic E-state index is -1.31. The van der Waals surface area contributed by atoms with Crippen molar-refractivity contribution >= 4 is 11.2 Å². The Morgan fingerprint density at radius 2 is 2.21 bits per heavy atom. The average Bonchev–Trinajstić information content (AvgIpc) is 2.82. The van der Waals surface area contributed by atoms with E-state index in [4.69, 9.17) is 4.74 Å². The number of halogens is 1. The fraction of sp³-hybridized carbons (Fsp3) is 0.500. The average molecular weight is 270 g/mol. The molecule has 1 aliphatic rings. The molecule has 0 radical (unpaired) electrons. The lowest BCUT2D eigenvalue weighted by Crippen LogP contribution is -2.29. The summed E-state index contributed by atoms with van der Waals surface area (Å²) in [6.07, 6.45) is -4.59. The maximum absolute atomic E-state index is 13.9. The van der Waals surface area contributed by atoms with Crippen LogP contribution in [0.3, 0.4) is 0 Å². The number of fused-ring (bicyclic) bond motifs is 1. The summed E-state index contributed by atoms with van der Waals surface area (Å²) in [5.74, 6) is 0.284. The van der Waals surface area contributed by atoms with Gasteiger partial charge in [-0.3, -0.25) is 9.36 Å². The Hall–Kier alpha value is -1.84. The standard InChI is InChI=1S/C10H11FN4O4/c1-3-12-7-5(8(18)13-3)14-10(11)15(7)9-6(17)4(16)2-19-9/h4,6,9,16-17H,2H2,1H3,(H,12,13,18). The first-order valence-corrected chi connectivity index (χ1v) is 5.61. The number of aliphatic hydroxyl groups is 2. The van der Waals surface area contributed by atoms with Crippen molar-refractivity contribution in [2.45, 2.75) is 25.4 Å². The van der Waals surface area contributed by atoms with Crippen LogP contribution in [0.4, 0.5) is 4.39 Å². The van der Waals surface area contributed by atoms with Gasteiger partial charge in [0.1, 0.15) is 18.0 Å². The zero-order valence-corrected chi connectivity index (χ0v) is 9.87. The van der Waals surface area contributed by atoms with Crippen LogP contribution in [-0.2, 0) is 4.74 Å². The van der Waals surface area contributed by atoms with Gasteiger partial charge in [0.2, 0.25) is 0 Å². The molecular formula is C10H11FN4O4. The predicted octanol–water partition coefficient (Wildman–Crippen LogP) is -1.18. The van der Waals surface area contributed by atoms with Gasteiger partial charge in [-0.25, -0.2) is 4.98 Å². The van der Waals surface area contributed by atoms with Crippen LogP contribution in [0.5, 0.6) is 0 Å². The molecule has 3 atom stereocenters. The van der Waals surface area contributed by atoms with Gasteiger partial charge in [0.15, 0.2) is 17.4 Å². The molecule has 0 spiro atoms. The number of nitrogens with zero attached hydrogens (tertiary/aromatic N) is 3. The van der Waals surface area contributed by atoms with E-state index in [9.17, 15) is 19.4 Å². The molecule has 3 heterocycles. The van der Waals surface area contributed by atoms with Gasteiger partial charge in [0.25, 0.3) is 11.6 Å². The Kier molecular flexibility index (Phi) is 2.62. The van der Waals surface area contributed by atoms with Crippen molar-refractivity contribution in [3.05, 3.63) is 22.3 Å². The number of rotatable bonds is 1. The molecule has 102 valence electrons. The molecule has 19 heavy (non-hydrogen) atoms. The number of aliphatic hydroxyl groups excluding tert-OH is 2. The second kappa shape index (κ2) is 4.08. The zero-order valence-electron chi connectivity index (χ0n) is 9.87.